The Hall–Kier alpha value is -1.18. The highest BCUT2D eigenvalue weighted by Crippen LogP contribution is 2.43. The maximum absolute atomic E-state index is 6.12. The minimum Gasteiger partial charge on any atom is -0.485 e. The number of para-hydroxylation sites is 2. The number of hydrogen-bond acceptors (Lipinski definition) is 2. The fourth-order valence-electron chi connectivity index (χ4n) is 2.33. The lowest BCUT2D eigenvalue weighted by atomic mass is 9.77. The number of hydrogen-bond donors (Lipinski definition) is 1. The van der Waals surface area contributed by atoms with Crippen molar-refractivity contribution in [1.82, 2.24) is 0 Å². The number of benzene rings is 1. The molecule has 0 radical (unpaired) electrons. The smallest absolute Gasteiger partial charge is 0.143 e. The van der Waals surface area contributed by atoms with Crippen molar-refractivity contribution < 1.29 is 4.74 Å². The lowest BCUT2D eigenvalue weighted by molar-refractivity contribution is -0.00821. The van der Waals surface area contributed by atoms with Crippen LogP contribution in [-0.2, 0) is 0 Å². The van der Waals surface area contributed by atoms with Crippen molar-refractivity contribution in [2.45, 2.75) is 31.3 Å². The molecule has 74 valence electrons. The summed E-state index contributed by atoms with van der Waals surface area (Å²) in [5.74, 6) is 1.03. The highest BCUT2D eigenvalue weighted by atomic mass is 16.5. The van der Waals surface area contributed by atoms with Crippen LogP contribution in [0.1, 0.15) is 25.7 Å². The summed E-state index contributed by atoms with van der Waals surface area (Å²) in [7, 11) is 0. The predicted molar refractivity (Wildman–Crippen MR) is 56.8 cm³/mol. The second-order valence-electron chi connectivity index (χ2n) is 4.31. The molecule has 1 spiro atoms. The third-order valence-corrected chi connectivity index (χ3v) is 3.37. The fourth-order valence-corrected chi connectivity index (χ4v) is 2.33. The summed E-state index contributed by atoms with van der Waals surface area (Å²) in [5.41, 5.74) is 1.32. The van der Waals surface area contributed by atoms with E-state index in [-0.39, 0.29) is 5.60 Å². The molecule has 0 bridgehead atoms. The molecular weight excluding hydrogens is 174 g/mol. The van der Waals surface area contributed by atoms with Crippen LogP contribution in [0.5, 0.6) is 5.75 Å². The minimum atomic E-state index is 0.166. The van der Waals surface area contributed by atoms with E-state index in [2.05, 4.69) is 17.4 Å². The van der Waals surface area contributed by atoms with Crippen LogP contribution in [0.25, 0.3) is 0 Å². The van der Waals surface area contributed by atoms with Crippen molar-refractivity contribution in [3.05, 3.63) is 24.3 Å². The van der Waals surface area contributed by atoms with Crippen LogP contribution in [0.3, 0.4) is 0 Å². The molecule has 2 aliphatic rings. The van der Waals surface area contributed by atoms with Gasteiger partial charge in [-0.3, -0.25) is 0 Å². The molecule has 14 heavy (non-hydrogen) atoms. The monoisotopic (exact) mass is 189 g/mol. The van der Waals surface area contributed by atoms with E-state index >= 15 is 0 Å². The molecule has 2 heteroatoms. The third-order valence-electron chi connectivity index (χ3n) is 3.37. The van der Waals surface area contributed by atoms with Crippen LogP contribution in [-0.4, -0.2) is 12.1 Å². The van der Waals surface area contributed by atoms with Crippen molar-refractivity contribution in [2.75, 3.05) is 11.9 Å². The normalized spacial score (nSPS) is 22.6. The molecule has 1 aromatic rings. The summed E-state index contributed by atoms with van der Waals surface area (Å²) in [5, 5.41) is 3.42. The van der Waals surface area contributed by atoms with Crippen LogP contribution in [0.15, 0.2) is 24.3 Å². The Morgan fingerprint density at radius 3 is 2.79 bits per heavy atom. The maximum atomic E-state index is 6.12. The van der Waals surface area contributed by atoms with Gasteiger partial charge in [0.1, 0.15) is 11.4 Å². The van der Waals surface area contributed by atoms with Gasteiger partial charge in [-0.25, -0.2) is 0 Å². The van der Waals surface area contributed by atoms with Crippen molar-refractivity contribution >= 4 is 5.69 Å². The molecule has 0 saturated heterocycles. The summed E-state index contributed by atoms with van der Waals surface area (Å²) < 4.78 is 6.12. The van der Waals surface area contributed by atoms with Gasteiger partial charge in [-0.15, -0.1) is 0 Å². The Kier molecular flexibility index (Phi) is 1.69. The van der Waals surface area contributed by atoms with Crippen LogP contribution in [0.4, 0.5) is 5.69 Å². The van der Waals surface area contributed by atoms with Crippen molar-refractivity contribution in [3.63, 3.8) is 0 Å². The molecule has 0 unspecified atom stereocenters. The van der Waals surface area contributed by atoms with Gasteiger partial charge in [0.2, 0.25) is 0 Å². The second kappa shape index (κ2) is 2.91. The standard InChI is InChI=1S/C12H15NO/c1-2-5-11-10(4-1)13-9-8-12(14-11)6-3-7-12/h1-2,4-5,13H,3,6-9H2. The third kappa shape index (κ3) is 1.17. The zero-order valence-corrected chi connectivity index (χ0v) is 8.25. The summed E-state index contributed by atoms with van der Waals surface area (Å²) >= 11 is 0. The highest BCUT2D eigenvalue weighted by Gasteiger charge is 2.40. The van der Waals surface area contributed by atoms with E-state index in [0.717, 1.165) is 24.4 Å². The number of fused-ring (bicyclic) bond motifs is 1. The van der Waals surface area contributed by atoms with E-state index in [1.165, 1.54) is 19.3 Å². The van der Waals surface area contributed by atoms with Crippen molar-refractivity contribution in [1.29, 1.82) is 0 Å². The molecule has 1 heterocycles. The summed E-state index contributed by atoms with van der Waals surface area (Å²) in [4.78, 5) is 0. The number of nitrogens with one attached hydrogen (secondary N) is 1. The Morgan fingerprint density at radius 2 is 2.00 bits per heavy atom. The van der Waals surface area contributed by atoms with Gasteiger partial charge in [0.05, 0.1) is 5.69 Å². The van der Waals surface area contributed by atoms with Gasteiger partial charge in [0.25, 0.3) is 0 Å². The maximum Gasteiger partial charge on any atom is 0.143 e. The van der Waals surface area contributed by atoms with E-state index < -0.39 is 0 Å². The molecule has 1 saturated carbocycles. The highest BCUT2D eigenvalue weighted by molar-refractivity contribution is 5.57. The predicted octanol–water partition coefficient (Wildman–Crippen LogP) is 2.80. The van der Waals surface area contributed by atoms with Gasteiger partial charge < -0.3 is 10.1 Å². The van der Waals surface area contributed by atoms with Crippen LogP contribution < -0.4 is 10.1 Å². The Bertz CT molecular complexity index is 344. The van der Waals surface area contributed by atoms with Crippen molar-refractivity contribution in [2.24, 2.45) is 0 Å². The molecule has 0 aromatic heterocycles. The largest absolute Gasteiger partial charge is 0.485 e. The summed E-state index contributed by atoms with van der Waals surface area (Å²) in [6.07, 6.45) is 4.91. The van der Waals surface area contributed by atoms with Gasteiger partial charge in [-0.05, 0) is 31.4 Å². The zero-order chi connectivity index (χ0) is 9.43. The first-order chi connectivity index (χ1) is 6.88. The molecule has 2 nitrogen and oxygen atoms in total. The van der Waals surface area contributed by atoms with E-state index in [0.29, 0.717) is 0 Å². The van der Waals surface area contributed by atoms with E-state index in [4.69, 9.17) is 4.74 Å². The van der Waals surface area contributed by atoms with Crippen LogP contribution in [0, 0.1) is 0 Å². The Balaban J connectivity index is 1.94. The molecule has 1 aliphatic carbocycles. The zero-order valence-electron chi connectivity index (χ0n) is 8.25. The quantitative estimate of drug-likeness (QED) is 0.677. The number of ether oxygens (including phenoxy) is 1. The van der Waals surface area contributed by atoms with Gasteiger partial charge in [-0.1, -0.05) is 12.1 Å². The lowest BCUT2D eigenvalue weighted by Crippen LogP contribution is -2.43. The molecule has 0 amide bonds. The van der Waals surface area contributed by atoms with Crippen LogP contribution in [0.2, 0.25) is 0 Å². The summed E-state index contributed by atoms with van der Waals surface area (Å²) in [6, 6.07) is 8.24. The van der Waals surface area contributed by atoms with Gasteiger partial charge >= 0.3 is 0 Å². The summed E-state index contributed by atoms with van der Waals surface area (Å²) in [6.45, 7) is 1.04. The average Bonchev–Trinajstić information content (AvgIpc) is 2.35. The molecule has 1 aliphatic heterocycles. The van der Waals surface area contributed by atoms with E-state index in [1.54, 1.807) is 0 Å². The lowest BCUT2D eigenvalue weighted by Gasteiger charge is -2.40. The van der Waals surface area contributed by atoms with Crippen molar-refractivity contribution in [3.8, 4) is 5.75 Å². The van der Waals surface area contributed by atoms with Gasteiger partial charge in [0.15, 0.2) is 0 Å². The SMILES string of the molecule is c1ccc2c(c1)NCCC1(CCC1)O2. The molecule has 0 atom stereocenters. The Labute approximate surface area is 84.3 Å². The first kappa shape index (κ1) is 8.16. The first-order valence-electron chi connectivity index (χ1n) is 5.40. The average molecular weight is 189 g/mol. The minimum absolute atomic E-state index is 0.166. The van der Waals surface area contributed by atoms with E-state index in [1.807, 2.05) is 12.1 Å². The second-order valence-corrected chi connectivity index (χ2v) is 4.31. The number of rotatable bonds is 0. The van der Waals surface area contributed by atoms with E-state index in [9.17, 15) is 0 Å². The Morgan fingerprint density at radius 1 is 1.14 bits per heavy atom. The van der Waals surface area contributed by atoms with Gasteiger partial charge in [0, 0.05) is 13.0 Å². The molecule has 3 rings (SSSR count). The first-order valence-corrected chi connectivity index (χ1v) is 5.40. The topological polar surface area (TPSA) is 21.3 Å². The van der Waals surface area contributed by atoms with Crippen LogP contribution >= 0.6 is 0 Å². The van der Waals surface area contributed by atoms with Gasteiger partial charge in [-0.2, -0.15) is 0 Å². The number of anilines is 1. The molecule has 1 aromatic carbocycles. The molecule has 1 N–H and O–H groups in total. The molecule has 1 fully saturated rings. The molecular formula is C12H15NO. The fraction of sp³-hybridized carbons (Fsp3) is 0.500.